The quantitative estimate of drug-likeness (QED) is 0.623. The Morgan fingerprint density at radius 2 is 2.00 bits per heavy atom. The second-order valence-electron chi connectivity index (χ2n) is 2.90. The molecule has 5 nitrogen and oxygen atoms in total. The second-order valence-corrected chi connectivity index (χ2v) is 2.90. The number of carbonyl (C=O) groups is 1. The first-order valence-corrected chi connectivity index (χ1v) is 4.08. The van der Waals surface area contributed by atoms with E-state index in [2.05, 4.69) is 9.97 Å². The molecular formula is C8H10N4O. The molecule has 0 bridgehead atoms. The molecule has 1 fully saturated rings. The zero-order valence-corrected chi connectivity index (χ0v) is 7.34. The summed E-state index contributed by atoms with van der Waals surface area (Å²) >= 11 is 0. The molecular weight excluding hydrogens is 168 g/mol. The van der Waals surface area contributed by atoms with Crippen molar-refractivity contribution in [2.45, 2.75) is 0 Å². The van der Waals surface area contributed by atoms with Crippen LogP contribution in [0.2, 0.25) is 0 Å². The van der Waals surface area contributed by atoms with E-state index in [1.165, 1.54) is 0 Å². The summed E-state index contributed by atoms with van der Waals surface area (Å²) in [6, 6.07) is 1.69. The molecule has 68 valence electrons. The number of anilines is 1. The standard InChI is InChI=1S/C8H10N4O/c1-11-5-6-12(8(11)13)7-9-3-2-4-10-7/h2-4H,5-6H2,1H3. The summed E-state index contributed by atoms with van der Waals surface area (Å²) in [6.45, 7) is 1.40. The number of aromatic nitrogens is 2. The molecule has 0 radical (unpaired) electrons. The van der Waals surface area contributed by atoms with Crippen LogP contribution in [0, 0.1) is 0 Å². The lowest BCUT2D eigenvalue weighted by Crippen LogP contribution is -2.30. The van der Waals surface area contributed by atoms with E-state index in [9.17, 15) is 4.79 Å². The molecule has 1 aliphatic rings. The fourth-order valence-electron chi connectivity index (χ4n) is 1.26. The Balaban J connectivity index is 2.24. The molecule has 1 aromatic heterocycles. The number of urea groups is 1. The molecule has 0 spiro atoms. The smallest absolute Gasteiger partial charge is 0.326 e. The van der Waals surface area contributed by atoms with Crippen LogP contribution in [-0.4, -0.2) is 41.0 Å². The van der Waals surface area contributed by atoms with E-state index < -0.39 is 0 Å². The Kier molecular flexibility index (Phi) is 1.84. The van der Waals surface area contributed by atoms with Gasteiger partial charge in [0.15, 0.2) is 0 Å². The van der Waals surface area contributed by atoms with Gasteiger partial charge in [-0.05, 0) is 6.07 Å². The highest BCUT2D eigenvalue weighted by Gasteiger charge is 2.27. The van der Waals surface area contributed by atoms with Crippen LogP contribution in [0.15, 0.2) is 18.5 Å². The van der Waals surface area contributed by atoms with Crippen molar-refractivity contribution in [3.63, 3.8) is 0 Å². The van der Waals surface area contributed by atoms with Crippen molar-refractivity contribution in [1.29, 1.82) is 0 Å². The zero-order chi connectivity index (χ0) is 9.26. The number of rotatable bonds is 1. The average Bonchev–Trinajstić information content (AvgIpc) is 2.49. The molecule has 0 saturated carbocycles. The van der Waals surface area contributed by atoms with E-state index in [0.717, 1.165) is 6.54 Å². The second kappa shape index (κ2) is 3.01. The summed E-state index contributed by atoms with van der Waals surface area (Å²) in [6.07, 6.45) is 3.27. The minimum absolute atomic E-state index is 0.0359. The van der Waals surface area contributed by atoms with Gasteiger partial charge in [0.05, 0.1) is 0 Å². The van der Waals surface area contributed by atoms with Crippen molar-refractivity contribution in [3.8, 4) is 0 Å². The van der Waals surface area contributed by atoms with Gasteiger partial charge in [-0.3, -0.25) is 4.90 Å². The molecule has 13 heavy (non-hydrogen) atoms. The Labute approximate surface area is 76.0 Å². The molecule has 0 aliphatic carbocycles. The number of nitrogens with zero attached hydrogens (tertiary/aromatic N) is 4. The van der Waals surface area contributed by atoms with Gasteiger partial charge in [-0.15, -0.1) is 0 Å². The largest absolute Gasteiger partial charge is 0.326 e. The summed E-state index contributed by atoms with van der Waals surface area (Å²) < 4.78 is 0. The molecule has 0 unspecified atom stereocenters. The van der Waals surface area contributed by atoms with Gasteiger partial charge in [-0.1, -0.05) is 0 Å². The van der Waals surface area contributed by atoms with Gasteiger partial charge in [-0.25, -0.2) is 14.8 Å². The van der Waals surface area contributed by atoms with Gasteiger partial charge < -0.3 is 4.90 Å². The fourth-order valence-corrected chi connectivity index (χ4v) is 1.26. The first-order valence-electron chi connectivity index (χ1n) is 4.08. The minimum atomic E-state index is -0.0359. The van der Waals surface area contributed by atoms with Crippen LogP contribution in [0.25, 0.3) is 0 Å². The molecule has 2 amide bonds. The highest BCUT2D eigenvalue weighted by Crippen LogP contribution is 2.12. The number of likely N-dealkylation sites (N-methyl/N-ethyl adjacent to an activating group) is 1. The summed E-state index contributed by atoms with van der Waals surface area (Å²) in [7, 11) is 1.77. The van der Waals surface area contributed by atoms with E-state index in [0.29, 0.717) is 12.5 Å². The Hall–Kier alpha value is -1.65. The fraction of sp³-hybridized carbons (Fsp3) is 0.375. The van der Waals surface area contributed by atoms with Crippen LogP contribution in [0.1, 0.15) is 0 Å². The molecule has 1 aliphatic heterocycles. The average molecular weight is 178 g/mol. The number of carbonyl (C=O) groups excluding carboxylic acids is 1. The lowest BCUT2D eigenvalue weighted by atomic mass is 10.6. The van der Waals surface area contributed by atoms with Crippen molar-refractivity contribution in [2.75, 3.05) is 25.0 Å². The third kappa shape index (κ3) is 1.32. The SMILES string of the molecule is CN1CCN(c2ncccn2)C1=O. The summed E-state index contributed by atoms with van der Waals surface area (Å²) in [4.78, 5) is 22.7. The van der Waals surface area contributed by atoms with Gasteiger partial charge in [-0.2, -0.15) is 0 Å². The van der Waals surface area contributed by atoms with Crippen LogP contribution in [-0.2, 0) is 0 Å². The van der Waals surface area contributed by atoms with Gasteiger partial charge in [0.25, 0.3) is 0 Å². The van der Waals surface area contributed by atoms with Gasteiger partial charge in [0.2, 0.25) is 5.95 Å². The lowest BCUT2D eigenvalue weighted by Gasteiger charge is -2.12. The molecule has 2 heterocycles. The molecule has 0 aromatic carbocycles. The molecule has 2 rings (SSSR count). The maximum atomic E-state index is 11.5. The molecule has 0 atom stereocenters. The van der Waals surface area contributed by atoms with Crippen LogP contribution >= 0.6 is 0 Å². The van der Waals surface area contributed by atoms with Crippen molar-refractivity contribution in [2.24, 2.45) is 0 Å². The van der Waals surface area contributed by atoms with Crippen molar-refractivity contribution >= 4 is 12.0 Å². The van der Waals surface area contributed by atoms with Crippen LogP contribution in [0.4, 0.5) is 10.7 Å². The van der Waals surface area contributed by atoms with Gasteiger partial charge >= 0.3 is 6.03 Å². The first kappa shape index (κ1) is 7.97. The van der Waals surface area contributed by atoms with Gasteiger partial charge in [0.1, 0.15) is 0 Å². The first-order chi connectivity index (χ1) is 6.29. The Morgan fingerprint density at radius 3 is 2.54 bits per heavy atom. The topological polar surface area (TPSA) is 49.3 Å². The summed E-state index contributed by atoms with van der Waals surface area (Å²) in [5.41, 5.74) is 0. The molecule has 1 saturated heterocycles. The van der Waals surface area contributed by atoms with E-state index in [-0.39, 0.29) is 6.03 Å². The monoisotopic (exact) mass is 178 g/mol. The van der Waals surface area contributed by atoms with Crippen LogP contribution < -0.4 is 4.90 Å². The highest BCUT2D eigenvalue weighted by molar-refractivity contribution is 5.91. The van der Waals surface area contributed by atoms with E-state index >= 15 is 0 Å². The highest BCUT2D eigenvalue weighted by atomic mass is 16.2. The minimum Gasteiger partial charge on any atom is -0.326 e. The van der Waals surface area contributed by atoms with Gasteiger partial charge in [0, 0.05) is 32.5 Å². The molecule has 5 heteroatoms. The van der Waals surface area contributed by atoms with Crippen molar-refractivity contribution in [3.05, 3.63) is 18.5 Å². The summed E-state index contributed by atoms with van der Waals surface area (Å²) in [5, 5.41) is 0. The predicted octanol–water partition coefficient (Wildman–Crippen LogP) is 0.348. The third-order valence-electron chi connectivity index (χ3n) is 2.01. The van der Waals surface area contributed by atoms with Crippen molar-refractivity contribution < 1.29 is 4.79 Å². The zero-order valence-electron chi connectivity index (χ0n) is 7.34. The predicted molar refractivity (Wildman–Crippen MR) is 47.4 cm³/mol. The molecule has 1 aromatic rings. The van der Waals surface area contributed by atoms with Crippen LogP contribution in [0.3, 0.4) is 0 Å². The maximum absolute atomic E-state index is 11.5. The Bertz CT molecular complexity index is 313. The normalized spacial score (nSPS) is 16.8. The molecule has 0 N–H and O–H groups in total. The number of amides is 2. The maximum Gasteiger partial charge on any atom is 0.326 e. The van der Waals surface area contributed by atoms with E-state index in [1.807, 2.05) is 0 Å². The summed E-state index contributed by atoms with van der Waals surface area (Å²) in [5.74, 6) is 0.483. The van der Waals surface area contributed by atoms with E-state index in [1.54, 1.807) is 35.3 Å². The number of hydrogen-bond donors (Lipinski definition) is 0. The third-order valence-corrected chi connectivity index (χ3v) is 2.01. The number of hydrogen-bond acceptors (Lipinski definition) is 3. The lowest BCUT2D eigenvalue weighted by molar-refractivity contribution is 0.229. The van der Waals surface area contributed by atoms with Crippen molar-refractivity contribution in [1.82, 2.24) is 14.9 Å². The van der Waals surface area contributed by atoms with E-state index in [4.69, 9.17) is 0 Å². The Morgan fingerprint density at radius 1 is 1.31 bits per heavy atom. The van der Waals surface area contributed by atoms with Crippen LogP contribution in [0.5, 0.6) is 0 Å².